The highest BCUT2D eigenvalue weighted by Gasteiger charge is 2.22. The second-order valence-electron chi connectivity index (χ2n) is 4.43. The van der Waals surface area contributed by atoms with Crippen LogP contribution in [-0.2, 0) is 0 Å². The van der Waals surface area contributed by atoms with Crippen LogP contribution in [0.25, 0.3) is 0 Å². The Kier molecular flexibility index (Phi) is 4.21. The Bertz CT molecular complexity index is 309. The van der Waals surface area contributed by atoms with Crippen molar-refractivity contribution in [3.63, 3.8) is 0 Å². The van der Waals surface area contributed by atoms with Gasteiger partial charge in [0, 0.05) is 23.3 Å². The third-order valence-electron chi connectivity index (χ3n) is 2.88. The number of aromatic nitrogens is 2. The molecular formula is C12H21N3. The predicted octanol–water partition coefficient (Wildman–Crippen LogP) is 2.13. The van der Waals surface area contributed by atoms with Gasteiger partial charge in [-0.3, -0.25) is 0 Å². The minimum Gasteiger partial charge on any atom is -0.317 e. The average Bonchev–Trinajstić information content (AvgIpc) is 2.17. The van der Waals surface area contributed by atoms with Gasteiger partial charge in [0.25, 0.3) is 0 Å². The van der Waals surface area contributed by atoms with Gasteiger partial charge in [-0.1, -0.05) is 13.8 Å². The van der Waals surface area contributed by atoms with Crippen molar-refractivity contribution in [1.82, 2.24) is 15.3 Å². The van der Waals surface area contributed by atoms with Crippen molar-refractivity contribution in [2.75, 3.05) is 7.05 Å². The zero-order chi connectivity index (χ0) is 11.4. The van der Waals surface area contributed by atoms with Gasteiger partial charge in [-0.25, -0.2) is 9.97 Å². The van der Waals surface area contributed by atoms with Crippen LogP contribution in [0.1, 0.15) is 38.1 Å². The smallest absolute Gasteiger partial charge is 0.115 e. The Morgan fingerprint density at radius 2 is 1.87 bits per heavy atom. The second kappa shape index (κ2) is 5.21. The third kappa shape index (κ3) is 2.99. The molecule has 2 unspecified atom stereocenters. The Morgan fingerprint density at radius 3 is 2.33 bits per heavy atom. The molecule has 0 spiro atoms. The van der Waals surface area contributed by atoms with Crippen LogP contribution >= 0.6 is 0 Å². The van der Waals surface area contributed by atoms with Gasteiger partial charge in [-0.15, -0.1) is 0 Å². The monoisotopic (exact) mass is 207 g/mol. The highest BCUT2D eigenvalue weighted by molar-refractivity contribution is 5.14. The van der Waals surface area contributed by atoms with Crippen LogP contribution in [0.15, 0.2) is 12.4 Å². The normalized spacial score (nSPS) is 15.3. The van der Waals surface area contributed by atoms with E-state index in [0.717, 1.165) is 11.4 Å². The fourth-order valence-corrected chi connectivity index (χ4v) is 2.01. The van der Waals surface area contributed by atoms with E-state index in [0.29, 0.717) is 17.9 Å². The SMILES string of the molecule is CNC(C)C(c1cc(C)ncn1)C(C)C. The van der Waals surface area contributed by atoms with Gasteiger partial charge >= 0.3 is 0 Å². The minimum absolute atomic E-state index is 0.430. The number of nitrogens with one attached hydrogen (secondary N) is 1. The third-order valence-corrected chi connectivity index (χ3v) is 2.88. The van der Waals surface area contributed by atoms with Gasteiger partial charge in [0.05, 0.1) is 0 Å². The molecule has 0 aliphatic rings. The van der Waals surface area contributed by atoms with Crippen LogP contribution in [0.2, 0.25) is 0 Å². The van der Waals surface area contributed by atoms with E-state index >= 15 is 0 Å². The molecule has 0 saturated carbocycles. The lowest BCUT2D eigenvalue weighted by molar-refractivity contribution is 0.387. The van der Waals surface area contributed by atoms with Gasteiger partial charge in [-0.05, 0) is 32.9 Å². The molecule has 0 aliphatic heterocycles. The molecule has 3 heteroatoms. The van der Waals surface area contributed by atoms with Gasteiger partial charge < -0.3 is 5.32 Å². The molecule has 1 aromatic heterocycles. The first-order chi connectivity index (χ1) is 7.06. The average molecular weight is 207 g/mol. The second-order valence-corrected chi connectivity index (χ2v) is 4.43. The van der Waals surface area contributed by atoms with Crippen molar-refractivity contribution in [2.24, 2.45) is 5.92 Å². The Labute approximate surface area is 92.3 Å². The van der Waals surface area contributed by atoms with Gasteiger partial charge in [0.2, 0.25) is 0 Å². The molecule has 0 fully saturated rings. The van der Waals surface area contributed by atoms with E-state index < -0.39 is 0 Å². The first-order valence-corrected chi connectivity index (χ1v) is 5.52. The number of rotatable bonds is 4. The van der Waals surface area contributed by atoms with Crippen LogP contribution in [-0.4, -0.2) is 23.1 Å². The topological polar surface area (TPSA) is 37.8 Å². The largest absolute Gasteiger partial charge is 0.317 e. The van der Waals surface area contributed by atoms with E-state index in [1.165, 1.54) is 0 Å². The standard InChI is InChI=1S/C12H21N3/c1-8(2)12(10(4)13-5)11-6-9(3)14-7-15-11/h6-8,10,12-13H,1-5H3. The van der Waals surface area contributed by atoms with E-state index in [4.69, 9.17) is 0 Å². The number of aryl methyl sites for hydroxylation is 1. The summed E-state index contributed by atoms with van der Waals surface area (Å²) in [6, 6.07) is 2.51. The van der Waals surface area contributed by atoms with E-state index in [2.05, 4.69) is 42.1 Å². The van der Waals surface area contributed by atoms with Crippen molar-refractivity contribution in [2.45, 2.75) is 39.7 Å². The maximum atomic E-state index is 4.38. The molecule has 1 aromatic rings. The highest BCUT2D eigenvalue weighted by Crippen LogP contribution is 2.26. The summed E-state index contributed by atoms with van der Waals surface area (Å²) in [4.78, 5) is 8.51. The quantitative estimate of drug-likeness (QED) is 0.822. The summed E-state index contributed by atoms with van der Waals surface area (Å²) in [7, 11) is 1.99. The first kappa shape index (κ1) is 12.1. The van der Waals surface area contributed by atoms with E-state index in [1.807, 2.05) is 14.0 Å². The van der Waals surface area contributed by atoms with Crippen LogP contribution in [0.3, 0.4) is 0 Å². The fourth-order valence-electron chi connectivity index (χ4n) is 2.01. The number of likely N-dealkylation sites (N-methyl/N-ethyl adjacent to an activating group) is 1. The maximum absolute atomic E-state index is 4.38. The molecule has 84 valence electrons. The van der Waals surface area contributed by atoms with Crippen LogP contribution in [0.5, 0.6) is 0 Å². The molecule has 0 aromatic carbocycles. The molecular weight excluding hydrogens is 186 g/mol. The summed E-state index contributed by atoms with van der Waals surface area (Å²) in [6.45, 7) is 8.67. The molecule has 15 heavy (non-hydrogen) atoms. The van der Waals surface area contributed by atoms with Crippen LogP contribution in [0, 0.1) is 12.8 Å². The van der Waals surface area contributed by atoms with Gasteiger partial charge in [0.15, 0.2) is 0 Å². The molecule has 1 rings (SSSR count). The van der Waals surface area contributed by atoms with Gasteiger partial charge in [-0.2, -0.15) is 0 Å². The lowest BCUT2D eigenvalue weighted by atomic mass is 9.86. The van der Waals surface area contributed by atoms with Crippen LogP contribution in [0.4, 0.5) is 0 Å². The fraction of sp³-hybridized carbons (Fsp3) is 0.667. The summed E-state index contributed by atoms with van der Waals surface area (Å²) >= 11 is 0. The van der Waals surface area contributed by atoms with E-state index in [9.17, 15) is 0 Å². The Hall–Kier alpha value is -0.960. The molecule has 3 nitrogen and oxygen atoms in total. The molecule has 0 amide bonds. The summed E-state index contributed by atoms with van der Waals surface area (Å²) < 4.78 is 0. The van der Waals surface area contributed by atoms with Crippen molar-refractivity contribution < 1.29 is 0 Å². The molecule has 1 N–H and O–H groups in total. The molecule has 1 heterocycles. The molecule has 0 bridgehead atoms. The van der Waals surface area contributed by atoms with Crippen molar-refractivity contribution in [1.29, 1.82) is 0 Å². The van der Waals surface area contributed by atoms with Crippen molar-refractivity contribution >= 4 is 0 Å². The maximum Gasteiger partial charge on any atom is 0.115 e. The van der Waals surface area contributed by atoms with Gasteiger partial charge in [0.1, 0.15) is 6.33 Å². The number of nitrogens with zero attached hydrogens (tertiary/aromatic N) is 2. The summed E-state index contributed by atoms with van der Waals surface area (Å²) in [5.74, 6) is 1.01. The lowest BCUT2D eigenvalue weighted by Crippen LogP contribution is -2.32. The Balaban J connectivity index is 2.99. The zero-order valence-electron chi connectivity index (χ0n) is 10.3. The summed E-state index contributed by atoms with van der Waals surface area (Å²) in [5.41, 5.74) is 2.17. The van der Waals surface area contributed by atoms with Crippen molar-refractivity contribution in [3.05, 3.63) is 23.8 Å². The summed E-state index contributed by atoms with van der Waals surface area (Å²) in [6.07, 6.45) is 1.66. The van der Waals surface area contributed by atoms with E-state index in [-0.39, 0.29) is 0 Å². The van der Waals surface area contributed by atoms with Crippen molar-refractivity contribution in [3.8, 4) is 0 Å². The molecule has 0 aliphatic carbocycles. The Morgan fingerprint density at radius 1 is 1.20 bits per heavy atom. The number of hydrogen-bond donors (Lipinski definition) is 1. The molecule has 2 atom stereocenters. The first-order valence-electron chi connectivity index (χ1n) is 5.52. The number of hydrogen-bond acceptors (Lipinski definition) is 3. The lowest BCUT2D eigenvalue weighted by Gasteiger charge is -2.26. The molecule has 0 saturated heterocycles. The highest BCUT2D eigenvalue weighted by atomic mass is 14.9. The molecule has 0 radical (unpaired) electrons. The minimum atomic E-state index is 0.430. The summed E-state index contributed by atoms with van der Waals surface area (Å²) in [5, 5.41) is 3.30. The van der Waals surface area contributed by atoms with E-state index in [1.54, 1.807) is 6.33 Å². The zero-order valence-corrected chi connectivity index (χ0v) is 10.3. The predicted molar refractivity (Wildman–Crippen MR) is 62.9 cm³/mol. The van der Waals surface area contributed by atoms with Crippen LogP contribution < -0.4 is 5.32 Å².